The number of aromatic nitrogens is 1. The van der Waals surface area contributed by atoms with Gasteiger partial charge in [0.15, 0.2) is 5.58 Å². The quantitative estimate of drug-likeness (QED) is 0.197. The number of nitrogens with zero attached hydrogens (tertiary/aromatic N) is 2. The van der Waals surface area contributed by atoms with Gasteiger partial charge < -0.3 is 19.3 Å². The van der Waals surface area contributed by atoms with Gasteiger partial charge in [-0.2, -0.15) is 0 Å². The smallest absolute Gasteiger partial charge is 0.335 e. The highest BCUT2D eigenvalue weighted by Crippen LogP contribution is 2.38. The van der Waals surface area contributed by atoms with E-state index in [1.807, 2.05) is 49.4 Å². The number of benzene rings is 4. The van der Waals surface area contributed by atoms with Gasteiger partial charge in [0, 0.05) is 28.6 Å². The van der Waals surface area contributed by atoms with Gasteiger partial charge in [0.05, 0.1) is 34.2 Å². The summed E-state index contributed by atoms with van der Waals surface area (Å²) in [5.41, 5.74) is 3.81. The Labute approximate surface area is 239 Å². The molecule has 0 bridgehead atoms. The lowest BCUT2D eigenvalue weighted by atomic mass is 10.1. The van der Waals surface area contributed by atoms with E-state index in [-0.39, 0.29) is 16.7 Å². The Hall–Kier alpha value is -5.70. The number of carbonyl (C=O) groups is 3. The van der Waals surface area contributed by atoms with Crippen molar-refractivity contribution >= 4 is 51.0 Å². The number of imide groups is 1. The van der Waals surface area contributed by atoms with Gasteiger partial charge in [-0.3, -0.25) is 9.59 Å². The minimum absolute atomic E-state index is 0.0504. The molecule has 1 aliphatic rings. The molecular weight excluding hydrogens is 534 g/mol. The number of oxazole rings is 1. The summed E-state index contributed by atoms with van der Waals surface area (Å²) >= 11 is 0. The van der Waals surface area contributed by atoms with Crippen LogP contribution in [-0.2, 0) is 0 Å². The molecule has 0 atom stereocenters. The molecule has 3 heterocycles. The number of fused-ring (bicyclic) bond motifs is 3. The van der Waals surface area contributed by atoms with E-state index in [4.69, 9.17) is 13.8 Å². The highest BCUT2D eigenvalue weighted by molar-refractivity contribution is 6.34. The minimum atomic E-state index is -1.18. The molecule has 2 aromatic heterocycles. The first-order valence-electron chi connectivity index (χ1n) is 13.4. The van der Waals surface area contributed by atoms with Crippen LogP contribution in [0.1, 0.15) is 44.4 Å². The summed E-state index contributed by atoms with van der Waals surface area (Å²) in [5, 5.41) is 14.7. The molecule has 0 saturated carbocycles. The second-order valence-corrected chi connectivity index (χ2v) is 10.0. The standard InChI is InChI=1S/C33H23N3O6/c1-2-13-34-26-11-9-21(36-31(37)23-10-7-19(33(39)40)14-24(23)32(36)38)16-25(26)30-35-27-15-18(8-12-28(27)42-30)29-22-6-4-3-5-20(22)17-41-29/h3-12,14-17,34H,2,13H2,1H3,(H,39,40). The molecule has 9 nitrogen and oxygen atoms in total. The fraction of sp³-hybridized carbons (Fsp3) is 0.0909. The predicted octanol–water partition coefficient (Wildman–Crippen LogP) is 7.23. The molecule has 9 heteroatoms. The number of carboxylic acids is 1. The third-order valence-electron chi connectivity index (χ3n) is 7.35. The zero-order valence-corrected chi connectivity index (χ0v) is 22.4. The van der Waals surface area contributed by atoms with Gasteiger partial charge in [-0.15, -0.1) is 0 Å². The van der Waals surface area contributed by atoms with Gasteiger partial charge in [0.1, 0.15) is 11.3 Å². The largest absolute Gasteiger partial charge is 0.478 e. The number of rotatable bonds is 7. The van der Waals surface area contributed by atoms with Crippen molar-refractivity contribution in [3.63, 3.8) is 0 Å². The first kappa shape index (κ1) is 25.3. The van der Waals surface area contributed by atoms with Crippen LogP contribution in [0.15, 0.2) is 94.0 Å². The second kappa shape index (κ2) is 9.74. The van der Waals surface area contributed by atoms with Gasteiger partial charge in [0.25, 0.3) is 11.8 Å². The SMILES string of the molecule is CCCNc1ccc(N2C(=O)c3ccc(C(=O)O)cc3C2=O)cc1-c1nc2cc(-c3occ4ccccc34)ccc2o1. The summed E-state index contributed by atoms with van der Waals surface area (Å²) in [6.07, 6.45) is 2.60. The number of furan rings is 1. The van der Waals surface area contributed by atoms with Crippen molar-refractivity contribution in [2.45, 2.75) is 13.3 Å². The molecule has 0 unspecified atom stereocenters. The molecule has 0 radical (unpaired) electrons. The summed E-state index contributed by atoms with van der Waals surface area (Å²) in [4.78, 5) is 43.9. The molecule has 0 aliphatic carbocycles. The lowest BCUT2D eigenvalue weighted by molar-refractivity contribution is 0.0696. The first-order chi connectivity index (χ1) is 20.4. The van der Waals surface area contributed by atoms with E-state index >= 15 is 0 Å². The van der Waals surface area contributed by atoms with Crippen molar-refractivity contribution in [1.29, 1.82) is 0 Å². The monoisotopic (exact) mass is 557 g/mol. The molecule has 4 aromatic carbocycles. The van der Waals surface area contributed by atoms with E-state index in [1.54, 1.807) is 24.5 Å². The third kappa shape index (κ3) is 4.02. The second-order valence-electron chi connectivity index (χ2n) is 10.0. The van der Waals surface area contributed by atoms with Crippen molar-refractivity contribution in [3.05, 3.63) is 102 Å². The Morgan fingerprint density at radius 1 is 0.929 bits per heavy atom. The van der Waals surface area contributed by atoms with E-state index in [2.05, 4.69) is 5.32 Å². The molecule has 0 spiro atoms. The van der Waals surface area contributed by atoms with Crippen molar-refractivity contribution in [1.82, 2.24) is 4.98 Å². The number of carboxylic acid groups (broad SMARTS) is 1. The minimum Gasteiger partial charge on any atom is -0.478 e. The Morgan fingerprint density at radius 3 is 2.60 bits per heavy atom. The molecule has 206 valence electrons. The zero-order valence-electron chi connectivity index (χ0n) is 22.4. The van der Waals surface area contributed by atoms with Gasteiger partial charge in [-0.25, -0.2) is 14.7 Å². The van der Waals surface area contributed by atoms with E-state index in [1.165, 1.54) is 18.2 Å². The number of amides is 2. The average Bonchev–Trinajstić information content (AvgIpc) is 3.70. The van der Waals surface area contributed by atoms with Gasteiger partial charge in [0.2, 0.25) is 5.89 Å². The molecule has 0 saturated heterocycles. The van der Waals surface area contributed by atoms with Crippen LogP contribution < -0.4 is 10.2 Å². The number of nitrogens with one attached hydrogen (secondary N) is 1. The normalized spacial score (nSPS) is 12.8. The number of hydrogen-bond acceptors (Lipinski definition) is 7. The van der Waals surface area contributed by atoms with Crippen LogP contribution in [0.25, 0.3) is 44.7 Å². The van der Waals surface area contributed by atoms with Crippen LogP contribution in [0.4, 0.5) is 11.4 Å². The van der Waals surface area contributed by atoms with Crippen LogP contribution >= 0.6 is 0 Å². The number of anilines is 2. The van der Waals surface area contributed by atoms with E-state index in [0.717, 1.165) is 39.1 Å². The maximum Gasteiger partial charge on any atom is 0.335 e. The summed E-state index contributed by atoms with van der Waals surface area (Å²) in [5.74, 6) is -1.24. The topological polar surface area (TPSA) is 126 Å². The third-order valence-corrected chi connectivity index (χ3v) is 7.35. The Balaban J connectivity index is 1.30. The molecule has 0 fully saturated rings. The molecule has 42 heavy (non-hydrogen) atoms. The maximum absolute atomic E-state index is 13.3. The zero-order chi connectivity index (χ0) is 29.0. The summed E-state index contributed by atoms with van der Waals surface area (Å²) in [6, 6.07) is 22.6. The number of aromatic carboxylic acids is 1. The van der Waals surface area contributed by atoms with Crippen molar-refractivity contribution in [2.24, 2.45) is 0 Å². The van der Waals surface area contributed by atoms with Crippen molar-refractivity contribution < 1.29 is 28.3 Å². The van der Waals surface area contributed by atoms with Crippen LogP contribution in [0.2, 0.25) is 0 Å². The molecule has 7 rings (SSSR count). The molecule has 2 amide bonds. The van der Waals surface area contributed by atoms with Crippen LogP contribution in [-0.4, -0.2) is 34.4 Å². The number of hydrogen-bond donors (Lipinski definition) is 2. The summed E-state index contributed by atoms with van der Waals surface area (Å²) < 4.78 is 12.0. The summed E-state index contributed by atoms with van der Waals surface area (Å²) in [7, 11) is 0. The van der Waals surface area contributed by atoms with Gasteiger partial charge in [-0.1, -0.05) is 31.2 Å². The molecule has 2 N–H and O–H groups in total. The highest BCUT2D eigenvalue weighted by atomic mass is 16.4. The molecule has 6 aromatic rings. The van der Waals surface area contributed by atoms with Gasteiger partial charge in [-0.05, 0) is 61.0 Å². The maximum atomic E-state index is 13.3. The van der Waals surface area contributed by atoms with Crippen LogP contribution in [0, 0.1) is 0 Å². The predicted molar refractivity (Wildman–Crippen MR) is 158 cm³/mol. The van der Waals surface area contributed by atoms with Crippen molar-refractivity contribution in [2.75, 3.05) is 16.8 Å². The fourth-order valence-electron chi connectivity index (χ4n) is 5.27. The highest BCUT2D eigenvalue weighted by Gasteiger charge is 2.37. The van der Waals surface area contributed by atoms with E-state index < -0.39 is 17.8 Å². The number of carbonyl (C=O) groups excluding carboxylic acids is 2. The molecular formula is C33H23N3O6. The summed E-state index contributed by atoms with van der Waals surface area (Å²) in [6.45, 7) is 2.73. The first-order valence-corrected chi connectivity index (χ1v) is 13.4. The molecule has 1 aliphatic heterocycles. The lowest BCUT2D eigenvalue weighted by Crippen LogP contribution is -2.29. The lowest BCUT2D eigenvalue weighted by Gasteiger charge is -2.17. The Bertz CT molecular complexity index is 2070. The van der Waals surface area contributed by atoms with Crippen molar-refractivity contribution in [3.8, 4) is 22.8 Å². The van der Waals surface area contributed by atoms with Gasteiger partial charge >= 0.3 is 5.97 Å². The van der Waals surface area contributed by atoms with E-state index in [0.29, 0.717) is 34.8 Å². The average molecular weight is 558 g/mol. The van der Waals surface area contributed by atoms with Crippen LogP contribution in [0.5, 0.6) is 0 Å². The fourth-order valence-corrected chi connectivity index (χ4v) is 5.27. The van der Waals surface area contributed by atoms with E-state index in [9.17, 15) is 19.5 Å². The Kier molecular flexibility index (Phi) is 5.86. The van der Waals surface area contributed by atoms with Crippen LogP contribution in [0.3, 0.4) is 0 Å². The Morgan fingerprint density at radius 2 is 1.76 bits per heavy atom.